The van der Waals surface area contributed by atoms with E-state index in [0.29, 0.717) is 24.4 Å². The maximum absolute atomic E-state index is 12.0. The van der Waals surface area contributed by atoms with E-state index in [1.54, 1.807) is 6.92 Å². The predicted octanol–water partition coefficient (Wildman–Crippen LogP) is 0.316. The van der Waals surface area contributed by atoms with Crippen LogP contribution < -0.4 is 16.2 Å². The second-order valence-electron chi connectivity index (χ2n) is 5.08. The zero-order chi connectivity index (χ0) is 14.0. The minimum absolute atomic E-state index is 0.0862. The lowest BCUT2D eigenvalue weighted by Crippen LogP contribution is -2.47. The van der Waals surface area contributed by atoms with E-state index in [1.807, 2.05) is 13.8 Å². The summed E-state index contributed by atoms with van der Waals surface area (Å²) in [6.45, 7) is 6.18. The normalized spacial score (nSPS) is 21.0. The van der Waals surface area contributed by atoms with Crippen LogP contribution in [0.5, 0.6) is 0 Å². The summed E-state index contributed by atoms with van der Waals surface area (Å²) in [7, 11) is 0. The van der Waals surface area contributed by atoms with E-state index in [2.05, 4.69) is 20.6 Å². The Hall–Kier alpha value is -1.69. The van der Waals surface area contributed by atoms with Gasteiger partial charge in [-0.15, -0.1) is 0 Å². The maximum Gasteiger partial charge on any atom is 0.255 e. The van der Waals surface area contributed by atoms with Crippen molar-refractivity contribution in [2.45, 2.75) is 45.7 Å². The van der Waals surface area contributed by atoms with Crippen LogP contribution in [0.1, 0.15) is 42.9 Å². The molecule has 1 amide bonds. The number of carbonyl (C=O) groups is 1. The first kappa shape index (κ1) is 13.7. The number of hydrogen-bond donors (Lipinski definition) is 3. The number of aromatic nitrogens is 2. The summed E-state index contributed by atoms with van der Waals surface area (Å²) in [6.07, 6.45) is 1.33. The second-order valence-corrected chi connectivity index (χ2v) is 5.08. The van der Waals surface area contributed by atoms with Crippen molar-refractivity contribution >= 4 is 5.91 Å². The number of nitrogens with zero attached hydrogens (tertiary/aromatic N) is 1. The molecule has 0 saturated carbocycles. The molecule has 0 spiro atoms. The molecule has 2 heterocycles. The van der Waals surface area contributed by atoms with Gasteiger partial charge in [-0.25, -0.2) is 4.98 Å². The van der Waals surface area contributed by atoms with Gasteiger partial charge in [0.2, 0.25) is 5.91 Å². The van der Waals surface area contributed by atoms with Gasteiger partial charge in [-0.2, -0.15) is 0 Å². The molecule has 1 fully saturated rings. The fourth-order valence-electron chi connectivity index (χ4n) is 2.56. The van der Waals surface area contributed by atoms with Crippen molar-refractivity contribution in [2.24, 2.45) is 0 Å². The van der Waals surface area contributed by atoms with E-state index in [0.717, 1.165) is 12.1 Å². The molecule has 2 rings (SSSR count). The van der Waals surface area contributed by atoms with Gasteiger partial charge < -0.3 is 15.6 Å². The van der Waals surface area contributed by atoms with Crippen LogP contribution in [0.2, 0.25) is 0 Å². The van der Waals surface area contributed by atoms with E-state index in [9.17, 15) is 9.59 Å². The number of aromatic amines is 1. The number of amides is 1. The van der Waals surface area contributed by atoms with Gasteiger partial charge in [-0.05, 0) is 27.2 Å². The smallest absolute Gasteiger partial charge is 0.255 e. The molecule has 0 aromatic carbocycles. The van der Waals surface area contributed by atoms with Gasteiger partial charge in [-0.3, -0.25) is 9.59 Å². The molecule has 104 valence electrons. The zero-order valence-corrected chi connectivity index (χ0v) is 11.5. The Labute approximate surface area is 112 Å². The van der Waals surface area contributed by atoms with Crippen molar-refractivity contribution in [3.63, 3.8) is 0 Å². The molecule has 6 nitrogen and oxygen atoms in total. The summed E-state index contributed by atoms with van der Waals surface area (Å²) in [5.41, 5.74) is 1.33. The SMILES string of the molecule is Cc1nc(C)c(C(C)NC2CCC(=O)NC2)c(=O)[nH]1. The fourth-order valence-corrected chi connectivity index (χ4v) is 2.56. The van der Waals surface area contributed by atoms with Crippen LogP contribution in [0, 0.1) is 13.8 Å². The molecule has 1 aromatic heterocycles. The number of aryl methyl sites for hydroxylation is 2. The molecule has 2 atom stereocenters. The van der Waals surface area contributed by atoms with Crippen molar-refractivity contribution in [2.75, 3.05) is 6.54 Å². The van der Waals surface area contributed by atoms with Crippen LogP contribution in [-0.4, -0.2) is 28.5 Å². The molecule has 0 aliphatic carbocycles. The van der Waals surface area contributed by atoms with E-state index in [-0.39, 0.29) is 23.6 Å². The fraction of sp³-hybridized carbons (Fsp3) is 0.615. The summed E-state index contributed by atoms with van der Waals surface area (Å²) in [6, 6.07) is 0.115. The Morgan fingerprint density at radius 2 is 2.11 bits per heavy atom. The number of nitrogens with one attached hydrogen (secondary N) is 3. The van der Waals surface area contributed by atoms with Crippen molar-refractivity contribution in [3.05, 3.63) is 27.4 Å². The van der Waals surface area contributed by atoms with Crippen molar-refractivity contribution in [1.29, 1.82) is 0 Å². The molecule has 1 saturated heterocycles. The molecule has 0 radical (unpaired) electrons. The zero-order valence-electron chi connectivity index (χ0n) is 11.5. The molecule has 1 aliphatic rings. The van der Waals surface area contributed by atoms with Gasteiger partial charge >= 0.3 is 0 Å². The Morgan fingerprint density at radius 3 is 2.68 bits per heavy atom. The van der Waals surface area contributed by atoms with Crippen LogP contribution in [-0.2, 0) is 4.79 Å². The topological polar surface area (TPSA) is 86.9 Å². The minimum atomic E-state index is -0.0927. The standard InChI is InChI=1S/C13H20N4O2/c1-7-12(13(19)17-9(3)15-7)8(2)16-10-4-5-11(18)14-6-10/h8,10,16H,4-6H2,1-3H3,(H,14,18)(H,15,17,19). The lowest BCUT2D eigenvalue weighted by molar-refractivity contribution is -0.122. The third-order valence-electron chi connectivity index (χ3n) is 3.45. The maximum atomic E-state index is 12.0. The Morgan fingerprint density at radius 1 is 1.37 bits per heavy atom. The van der Waals surface area contributed by atoms with Gasteiger partial charge in [0.25, 0.3) is 5.56 Å². The Bertz CT molecular complexity index is 528. The molecular weight excluding hydrogens is 244 g/mol. The highest BCUT2D eigenvalue weighted by Gasteiger charge is 2.22. The van der Waals surface area contributed by atoms with Crippen molar-refractivity contribution in [1.82, 2.24) is 20.6 Å². The van der Waals surface area contributed by atoms with Gasteiger partial charge in [0.05, 0.1) is 5.56 Å². The first-order valence-electron chi connectivity index (χ1n) is 6.57. The second kappa shape index (κ2) is 5.52. The van der Waals surface area contributed by atoms with Gasteiger partial charge in [-0.1, -0.05) is 0 Å². The van der Waals surface area contributed by atoms with Crippen LogP contribution in [0.3, 0.4) is 0 Å². The summed E-state index contributed by atoms with van der Waals surface area (Å²) in [4.78, 5) is 30.1. The third kappa shape index (κ3) is 3.20. The average Bonchev–Trinajstić information content (AvgIpc) is 2.30. The largest absolute Gasteiger partial charge is 0.355 e. The Kier molecular flexibility index (Phi) is 3.99. The molecule has 19 heavy (non-hydrogen) atoms. The molecule has 2 unspecified atom stereocenters. The lowest BCUT2D eigenvalue weighted by Gasteiger charge is -2.27. The summed E-state index contributed by atoms with van der Waals surface area (Å²) in [5, 5.41) is 6.21. The Balaban J connectivity index is 2.10. The van der Waals surface area contributed by atoms with E-state index >= 15 is 0 Å². The van der Waals surface area contributed by atoms with E-state index in [4.69, 9.17) is 0 Å². The number of H-pyrrole nitrogens is 1. The monoisotopic (exact) mass is 264 g/mol. The first-order chi connectivity index (χ1) is 8.97. The number of hydrogen-bond acceptors (Lipinski definition) is 4. The van der Waals surface area contributed by atoms with Crippen molar-refractivity contribution in [3.8, 4) is 0 Å². The van der Waals surface area contributed by atoms with E-state index in [1.165, 1.54) is 0 Å². The average molecular weight is 264 g/mol. The summed E-state index contributed by atoms with van der Waals surface area (Å²) < 4.78 is 0. The van der Waals surface area contributed by atoms with Gasteiger partial charge in [0.1, 0.15) is 5.82 Å². The van der Waals surface area contributed by atoms with Crippen LogP contribution in [0.4, 0.5) is 0 Å². The van der Waals surface area contributed by atoms with Gasteiger partial charge in [0.15, 0.2) is 0 Å². The highest BCUT2D eigenvalue weighted by atomic mass is 16.1. The molecule has 1 aliphatic heterocycles. The van der Waals surface area contributed by atoms with Crippen LogP contribution >= 0.6 is 0 Å². The molecule has 6 heteroatoms. The minimum Gasteiger partial charge on any atom is -0.355 e. The predicted molar refractivity (Wildman–Crippen MR) is 71.9 cm³/mol. The molecule has 0 bridgehead atoms. The highest BCUT2D eigenvalue weighted by molar-refractivity contribution is 5.76. The van der Waals surface area contributed by atoms with Crippen LogP contribution in [0.15, 0.2) is 4.79 Å². The van der Waals surface area contributed by atoms with Gasteiger partial charge in [0, 0.05) is 30.7 Å². The van der Waals surface area contributed by atoms with Crippen molar-refractivity contribution < 1.29 is 4.79 Å². The third-order valence-corrected chi connectivity index (χ3v) is 3.45. The number of carbonyl (C=O) groups excluding carboxylic acids is 1. The highest BCUT2D eigenvalue weighted by Crippen LogP contribution is 2.14. The summed E-state index contributed by atoms with van der Waals surface area (Å²) >= 11 is 0. The molecule has 3 N–H and O–H groups in total. The van der Waals surface area contributed by atoms with Crippen LogP contribution in [0.25, 0.3) is 0 Å². The number of rotatable bonds is 3. The quantitative estimate of drug-likeness (QED) is 0.733. The number of piperidine rings is 1. The summed E-state index contributed by atoms with van der Waals surface area (Å²) in [5.74, 6) is 0.722. The molecule has 1 aromatic rings. The lowest BCUT2D eigenvalue weighted by atomic mass is 10.0. The van der Waals surface area contributed by atoms with E-state index < -0.39 is 0 Å². The molecular formula is C13H20N4O2. The first-order valence-corrected chi connectivity index (χ1v) is 6.57.